The highest BCUT2D eigenvalue weighted by Gasteiger charge is 2.42. The molecule has 0 bridgehead atoms. The number of nitrogens with zero attached hydrogens (tertiary/aromatic N) is 2. The summed E-state index contributed by atoms with van der Waals surface area (Å²) in [5.41, 5.74) is 0.797. The van der Waals surface area contributed by atoms with Gasteiger partial charge in [-0.25, -0.2) is 9.78 Å². The molecule has 2 N–H and O–H groups in total. The minimum atomic E-state index is -0.536. The van der Waals surface area contributed by atoms with Crippen molar-refractivity contribution in [3.63, 3.8) is 0 Å². The Hall–Kier alpha value is -2.93. The van der Waals surface area contributed by atoms with Gasteiger partial charge < -0.3 is 15.5 Å². The molecule has 2 aliphatic rings. The first-order valence-corrected chi connectivity index (χ1v) is 11.3. The van der Waals surface area contributed by atoms with Crippen LogP contribution in [0.3, 0.4) is 0 Å². The molecule has 1 unspecified atom stereocenters. The monoisotopic (exact) mass is 478 g/mol. The van der Waals surface area contributed by atoms with Crippen LogP contribution in [0, 0.1) is 11.8 Å². The second-order valence-electron chi connectivity index (χ2n) is 8.22. The predicted octanol–water partition coefficient (Wildman–Crippen LogP) is 0.404. The van der Waals surface area contributed by atoms with Crippen molar-refractivity contribution in [3.8, 4) is 0 Å². The Morgan fingerprint density at radius 2 is 1.71 bits per heavy atom. The van der Waals surface area contributed by atoms with Gasteiger partial charge in [-0.1, -0.05) is 6.07 Å². The van der Waals surface area contributed by atoms with Crippen molar-refractivity contribution >= 4 is 23.5 Å². The van der Waals surface area contributed by atoms with Crippen LogP contribution in [-0.4, -0.2) is 66.7 Å². The summed E-state index contributed by atoms with van der Waals surface area (Å²) in [5.74, 6) is -0.963. The SMILES string of the molecule is CN1C(=O)CC(C(=O)NCCOOOOCCNC(=O)C2CCC(=O)CC2)[C@H]1c1cccnc1. The van der Waals surface area contributed by atoms with Crippen LogP contribution >= 0.6 is 0 Å². The van der Waals surface area contributed by atoms with Crippen LogP contribution in [0.4, 0.5) is 0 Å². The maximum absolute atomic E-state index is 12.6. The number of nitrogens with one attached hydrogen (secondary N) is 2. The Morgan fingerprint density at radius 3 is 2.32 bits per heavy atom. The Morgan fingerprint density at radius 1 is 1.06 bits per heavy atom. The highest BCUT2D eigenvalue weighted by Crippen LogP contribution is 2.36. The van der Waals surface area contributed by atoms with E-state index < -0.39 is 5.92 Å². The molecule has 1 saturated heterocycles. The minimum absolute atomic E-state index is 0.0136. The average molecular weight is 479 g/mol. The normalized spacial score (nSPS) is 21.0. The standard InChI is InChI=1S/C22H30N4O8/c1-26-19(28)13-18(20(26)16-3-2-8-23-14-16)22(30)25-10-12-32-34-33-31-11-9-24-21(29)15-4-6-17(27)7-5-15/h2-3,8,14-15,18,20H,4-7,9-13H2,1H3,(H,24,29)(H,25,30)/t18?,20-/m1/s1. The van der Waals surface area contributed by atoms with E-state index in [2.05, 4.69) is 25.7 Å². The predicted molar refractivity (Wildman–Crippen MR) is 115 cm³/mol. The van der Waals surface area contributed by atoms with Gasteiger partial charge >= 0.3 is 0 Å². The van der Waals surface area contributed by atoms with Crippen LogP contribution in [-0.2, 0) is 39.0 Å². The molecule has 3 rings (SSSR count). The summed E-state index contributed by atoms with van der Waals surface area (Å²) < 4.78 is 0. The van der Waals surface area contributed by atoms with Gasteiger partial charge in [0.15, 0.2) is 0 Å². The van der Waals surface area contributed by atoms with E-state index in [0.29, 0.717) is 25.7 Å². The highest BCUT2D eigenvalue weighted by molar-refractivity contribution is 5.90. The maximum atomic E-state index is 12.6. The van der Waals surface area contributed by atoms with Crippen molar-refractivity contribution < 1.29 is 39.0 Å². The molecule has 0 spiro atoms. The van der Waals surface area contributed by atoms with Gasteiger partial charge in [0.2, 0.25) is 17.7 Å². The number of amides is 3. The summed E-state index contributed by atoms with van der Waals surface area (Å²) in [6, 6.07) is 3.23. The zero-order valence-corrected chi connectivity index (χ0v) is 19.1. The molecule has 1 aromatic rings. The number of aromatic nitrogens is 1. The molecule has 2 fully saturated rings. The van der Waals surface area contributed by atoms with Crippen LogP contribution in [0.5, 0.6) is 0 Å². The molecule has 34 heavy (non-hydrogen) atoms. The summed E-state index contributed by atoms with van der Waals surface area (Å²) in [4.78, 5) is 63.0. The molecular formula is C22H30N4O8. The molecule has 1 aliphatic heterocycles. The van der Waals surface area contributed by atoms with Gasteiger partial charge in [0.1, 0.15) is 19.0 Å². The number of hydrogen-bond donors (Lipinski definition) is 2. The largest absolute Gasteiger partial charge is 0.353 e. The summed E-state index contributed by atoms with van der Waals surface area (Å²) in [6.45, 7) is 0.377. The smallest absolute Gasteiger partial charge is 0.226 e. The molecule has 0 aromatic carbocycles. The summed E-state index contributed by atoms with van der Waals surface area (Å²) in [5, 5.41) is 14.2. The van der Waals surface area contributed by atoms with Gasteiger partial charge in [0.25, 0.3) is 0 Å². The number of hydrogen-bond acceptors (Lipinski definition) is 9. The average Bonchev–Trinajstić information content (AvgIpc) is 3.15. The lowest BCUT2D eigenvalue weighted by Crippen LogP contribution is -2.36. The van der Waals surface area contributed by atoms with Crippen LogP contribution in [0.25, 0.3) is 0 Å². The quantitative estimate of drug-likeness (QED) is 0.248. The second-order valence-corrected chi connectivity index (χ2v) is 8.22. The van der Waals surface area contributed by atoms with E-state index in [1.807, 2.05) is 6.07 Å². The number of ketones is 1. The van der Waals surface area contributed by atoms with Crippen LogP contribution in [0.2, 0.25) is 0 Å². The molecule has 12 heteroatoms. The molecule has 12 nitrogen and oxygen atoms in total. The van der Waals surface area contributed by atoms with Crippen molar-refractivity contribution in [1.29, 1.82) is 0 Å². The topological polar surface area (TPSA) is 145 Å². The van der Waals surface area contributed by atoms with Gasteiger partial charge in [-0.05, 0) is 34.5 Å². The molecule has 186 valence electrons. The first kappa shape index (κ1) is 25.7. The minimum Gasteiger partial charge on any atom is -0.353 e. The van der Waals surface area contributed by atoms with Crippen molar-refractivity contribution in [3.05, 3.63) is 30.1 Å². The lowest BCUT2D eigenvalue weighted by Gasteiger charge is -2.24. The van der Waals surface area contributed by atoms with E-state index in [1.165, 1.54) is 0 Å². The van der Waals surface area contributed by atoms with Gasteiger partial charge in [-0.15, -0.1) is 0 Å². The van der Waals surface area contributed by atoms with Gasteiger partial charge in [-0.2, -0.15) is 0 Å². The van der Waals surface area contributed by atoms with E-state index in [1.54, 1.807) is 30.4 Å². The third kappa shape index (κ3) is 7.29. The Kier molecular flexibility index (Phi) is 9.89. The molecule has 1 saturated carbocycles. The molecule has 1 aromatic heterocycles. The lowest BCUT2D eigenvalue weighted by molar-refractivity contribution is -0.633. The number of carbonyl (C=O) groups excluding carboxylic acids is 4. The van der Waals surface area contributed by atoms with Gasteiger partial charge in [0.05, 0.1) is 12.0 Å². The highest BCUT2D eigenvalue weighted by atomic mass is 17.7. The van der Waals surface area contributed by atoms with E-state index >= 15 is 0 Å². The van der Waals surface area contributed by atoms with E-state index in [-0.39, 0.29) is 68.2 Å². The van der Waals surface area contributed by atoms with Crippen molar-refractivity contribution in [1.82, 2.24) is 20.5 Å². The molecule has 1 aliphatic carbocycles. The zero-order chi connectivity index (χ0) is 24.3. The Balaban J connectivity index is 1.23. The van der Waals surface area contributed by atoms with Crippen LogP contribution in [0.15, 0.2) is 24.5 Å². The first-order chi connectivity index (χ1) is 16.5. The fourth-order valence-corrected chi connectivity index (χ4v) is 4.13. The van der Waals surface area contributed by atoms with Crippen molar-refractivity contribution in [2.75, 3.05) is 33.4 Å². The molecule has 0 radical (unpaired) electrons. The Labute approximate surface area is 197 Å². The first-order valence-electron chi connectivity index (χ1n) is 11.3. The van der Waals surface area contributed by atoms with Crippen molar-refractivity contribution in [2.24, 2.45) is 11.8 Å². The Bertz CT molecular complexity index is 843. The number of likely N-dealkylation sites (tertiary alicyclic amines) is 1. The second kappa shape index (κ2) is 13.1. The van der Waals surface area contributed by atoms with Crippen LogP contribution < -0.4 is 10.6 Å². The fourth-order valence-electron chi connectivity index (χ4n) is 4.13. The molecular weight excluding hydrogens is 448 g/mol. The zero-order valence-electron chi connectivity index (χ0n) is 19.1. The van der Waals surface area contributed by atoms with E-state index in [0.717, 1.165) is 5.56 Å². The van der Waals surface area contributed by atoms with Gasteiger partial charge in [-0.3, -0.25) is 24.2 Å². The lowest BCUT2D eigenvalue weighted by atomic mass is 9.88. The van der Waals surface area contributed by atoms with E-state index in [4.69, 9.17) is 9.78 Å². The number of rotatable bonds is 12. The number of pyridine rings is 1. The fraction of sp³-hybridized carbons (Fsp3) is 0.591. The summed E-state index contributed by atoms with van der Waals surface area (Å²) in [7, 11) is 1.67. The third-order valence-electron chi connectivity index (χ3n) is 5.96. The van der Waals surface area contributed by atoms with Crippen LogP contribution in [0.1, 0.15) is 43.7 Å². The molecule has 2 heterocycles. The number of carbonyl (C=O) groups is 4. The van der Waals surface area contributed by atoms with Crippen molar-refractivity contribution in [2.45, 2.75) is 38.1 Å². The maximum Gasteiger partial charge on any atom is 0.226 e. The third-order valence-corrected chi connectivity index (χ3v) is 5.96. The molecule has 2 atom stereocenters. The summed E-state index contributed by atoms with van der Waals surface area (Å²) >= 11 is 0. The summed E-state index contributed by atoms with van der Waals surface area (Å²) in [6.07, 6.45) is 5.45. The van der Waals surface area contributed by atoms with E-state index in [9.17, 15) is 19.2 Å². The molecule has 3 amide bonds. The number of Topliss-reactive ketones (excluding diaryl/α,β-unsaturated/α-hetero) is 1. The van der Waals surface area contributed by atoms with Gasteiger partial charge in [0, 0.05) is 57.7 Å².